The lowest BCUT2D eigenvalue weighted by Gasteiger charge is -2.33. The van der Waals surface area contributed by atoms with Gasteiger partial charge < -0.3 is 15.0 Å². The first kappa shape index (κ1) is 15.8. The van der Waals surface area contributed by atoms with Crippen molar-refractivity contribution in [1.29, 1.82) is 0 Å². The third-order valence-corrected chi connectivity index (χ3v) is 3.17. The smallest absolute Gasteiger partial charge is 0.407 e. The molecule has 1 aliphatic rings. The van der Waals surface area contributed by atoms with E-state index in [0.717, 1.165) is 12.8 Å². The van der Waals surface area contributed by atoms with Gasteiger partial charge in [-0.25, -0.2) is 4.79 Å². The zero-order valence-corrected chi connectivity index (χ0v) is 12.4. The molecule has 0 aromatic heterocycles. The molecule has 0 spiro atoms. The average Bonchev–Trinajstić information content (AvgIpc) is 2.36. The maximum atomic E-state index is 11.8. The van der Waals surface area contributed by atoms with Crippen molar-refractivity contribution < 1.29 is 14.3 Å². The highest BCUT2D eigenvalue weighted by Gasteiger charge is 2.25. The highest BCUT2D eigenvalue weighted by molar-refractivity contribution is 5.78. The van der Waals surface area contributed by atoms with Crippen molar-refractivity contribution in [3.63, 3.8) is 0 Å². The molecule has 0 aromatic carbocycles. The average molecular weight is 270 g/mol. The third-order valence-electron chi connectivity index (χ3n) is 3.17. The summed E-state index contributed by atoms with van der Waals surface area (Å²) in [6.45, 7) is 9.70. The molecule has 0 aromatic rings. The predicted octanol–water partition coefficient (Wildman–Crippen LogP) is 2.02. The van der Waals surface area contributed by atoms with Crippen LogP contribution in [0.5, 0.6) is 0 Å². The number of rotatable bonds is 4. The second-order valence-electron chi connectivity index (χ2n) is 5.89. The molecular weight excluding hydrogens is 244 g/mol. The molecule has 19 heavy (non-hydrogen) atoms. The maximum absolute atomic E-state index is 11.8. The van der Waals surface area contributed by atoms with E-state index in [-0.39, 0.29) is 24.0 Å². The van der Waals surface area contributed by atoms with Gasteiger partial charge in [-0.1, -0.05) is 27.7 Å². The number of hydrogen-bond donors (Lipinski definition) is 1. The lowest BCUT2D eigenvalue weighted by atomic mass is 10.0. The van der Waals surface area contributed by atoms with E-state index in [0.29, 0.717) is 25.6 Å². The number of alkyl carbamates (subject to hydrolysis) is 1. The highest BCUT2D eigenvalue weighted by atomic mass is 16.5. The maximum Gasteiger partial charge on any atom is 0.407 e. The number of hydrogen-bond acceptors (Lipinski definition) is 3. The third kappa shape index (κ3) is 5.49. The zero-order valence-electron chi connectivity index (χ0n) is 12.4. The normalized spacial score (nSPS) is 16.8. The van der Waals surface area contributed by atoms with Crippen molar-refractivity contribution in [2.24, 2.45) is 11.8 Å². The summed E-state index contributed by atoms with van der Waals surface area (Å²) in [7, 11) is 0. The van der Waals surface area contributed by atoms with Crippen LogP contribution < -0.4 is 5.32 Å². The molecule has 1 rings (SSSR count). The Morgan fingerprint density at radius 2 is 1.79 bits per heavy atom. The van der Waals surface area contributed by atoms with E-state index in [1.165, 1.54) is 0 Å². The van der Waals surface area contributed by atoms with Gasteiger partial charge in [0.15, 0.2) is 0 Å². The fraction of sp³-hybridized carbons (Fsp3) is 0.857. The van der Waals surface area contributed by atoms with Crippen LogP contribution in [0.1, 0.15) is 40.5 Å². The molecule has 2 amide bonds. The number of likely N-dealkylation sites (tertiary alicyclic amines) is 1. The minimum atomic E-state index is -0.345. The number of amides is 2. The molecule has 5 heteroatoms. The Morgan fingerprint density at radius 1 is 1.21 bits per heavy atom. The molecule has 1 N–H and O–H groups in total. The first-order chi connectivity index (χ1) is 8.90. The van der Waals surface area contributed by atoms with Gasteiger partial charge >= 0.3 is 6.09 Å². The van der Waals surface area contributed by atoms with Crippen LogP contribution in [-0.4, -0.2) is 42.6 Å². The minimum Gasteiger partial charge on any atom is -0.449 e. The summed E-state index contributed by atoms with van der Waals surface area (Å²) >= 11 is 0. The van der Waals surface area contributed by atoms with Crippen LogP contribution >= 0.6 is 0 Å². The van der Waals surface area contributed by atoms with Crippen LogP contribution in [0.15, 0.2) is 0 Å². The number of piperidine rings is 1. The van der Waals surface area contributed by atoms with Crippen molar-refractivity contribution >= 4 is 12.0 Å². The Hall–Kier alpha value is -1.26. The molecule has 1 fully saturated rings. The van der Waals surface area contributed by atoms with Gasteiger partial charge in [0.2, 0.25) is 5.91 Å². The summed E-state index contributed by atoms with van der Waals surface area (Å²) in [5, 5.41) is 2.86. The summed E-state index contributed by atoms with van der Waals surface area (Å²) < 4.78 is 5.09. The van der Waals surface area contributed by atoms with Crippen molar-refractivity contribution in [2.45, 2.75) is 46.6 Å². The second-order valence-corrected chi connectivity index (χ2v) is 5.89. The topological polar surface area (TPSA) is 58.6 Å². The SMILES string of the molecule is CC(C)COC(=O)NC1CCN(C(=O)C(C)C)CC1. The monoisotopic (exact) mass is 270 g/mol. The molecule has 1 aliphatic heterocycles. The van der Waals surface area contributed by atoms with Crippen LogP contribution in [0.25, 0.3) is 0 Å². The quantitative estimate of drug-likeness (QED) is 0.850. The summed E-state index contributed by atoms with van der Waals surface area (Å²) in [5.74, 6) is 0.581. The van der Waals surface area contributed by atoms with E-state index in [1.54, 1.807) is 0 Å². The molecule has 0 radical (unpaired) electrons. The van der Waals surface area contributed by atoms with E-state index < -0.39 is 0 Å². The largest absolute Gasteiger partial charge is 0.449 e. The fourth-order valence-corrected chi connectivity index (χ4v) is 2.06. The van der Waals surface area contributed by atoms with E-state index >= 15 is 0 Å². The molecule has 0 aliphatic carbocycles. The zero-order chi connectivity index (χ0) is 14.4. The number of ether oxygens (including phenoxy) is 1. The van der Waals surface area contributed by atoms with Gasteiger partial charge in [-0.15, -0.1) is 0 Å². The van der Waals surface area contributed by atoms with Crippen molar-refractivity contribution in [2.75, 3.05) is 19.7 Å². The molecule has 5 nitrogen and oxygen atoms in total. The van der Waals surface area contributed by atoms with Gasteiger partial charge in [0.25, 0.3) is 0 Å². The number of nitrogens with zero attached hydrogens (tertiary/aromatic N) is 1. The fourth-order valence-electron chi connectivity index (χ4n) is 2.06. The summed E-state index contributed by atoms with van der Waals surface area (Å²) in [6, 6.07) is 0.121. The van der Waals surface area contributed by atoms with E-state index in [1.807, 2.05) is 32.6 Å². The lowest BCUT2D eigenvalue weighted by Crippen LogP contribution is -2.47. The van der Waals surface area contributed by atoms with Crippen LogP contribution in [-0.2, 0) is 9.53 Å². The highest BCUT2D eigenvalue weighted by Crippen LogP contribution is 2.13. The Bertz CT molecular complexity index is 308. The van der Waals surface area contributed by atoms with Gasteiger partial charge in [-0.3, -0.25) is 4.79 Å². The molecular formula is C14H26N2O3. The second kappa shape index (κ2) is 7.36. The molecule has 0 unspecified atom stereocenters. The Balaban J connectivity index is 2.26. The number of nitrogens with one attached hydrogen (secondary N) is 1. The van der Waals surface area contributed by atoms with Crippen LogP contribution in [0.4, 0.5) is 4.79 Å². The first-order valence-electron chi connectivity index (χ1n) is 7.12. The van der Waals surface area contributed by atoms with Gasteiger partial charge in [-0.2, -0.15) is 0 Å². The van der Waals surface area contributed by atoms with Gasteiger partial charge in [0.05, 0.1) is 6.61 Å². The minimum absolute atomic E-state index is 0.0421. The standard InChI is InChI=1S/C14H26N2O3/c1-10(2)9-19-14(18)15-12-5-7-16(8-6-12)13(17)11(3)4/h10-12H,5-9H2,1-4H3,(H,15,18). The van der Waals surface area contributed by atoms with Crippen LogP contribution in [0.2, 0.25) is 0 Å². The summed E-state index contributed by atoms with van der Waals surface area (Å²) in [5.41, 5.74) is 0. The molecule has 1 saturated heterocycles. The molecule has 0 atom stereocenters. The van der Waals surface area contributed by atoms with E-state index in [4.69, 9.17) is 4.74 Å². The first-order valence-corrected chi connectivity index (χ1v) is 7.12. The molecule has 110 valence electrons. The number of carbonyl (C=O) groups excluding carboxylic acids is 2. The van der Waals surface area contributed by atoms with Gasteiger partial charge in [0.1, 0.15) is 0 Å². The van der Waals surface area contributed by atoms with Crippen LogP contribution in [0, 0.1) is 11.8 Å². The molecule has 0 bridgehead atoms. The summed E-state index contributed by atoms with van der Waals surface area (Å²) in [4.78, 5) is 25.2. The van der Waals surface area contributed by atoms with Gasteiger partial charge in [-0.05, 0) is 18.8 Å². The van der Waals surface area contributed by atoms with Crippen molar-refractivity contribution in [3.8, 4) is 0 Å². The Labute approximate surface area is 115 Å². The Kier molecular flexibility index (Phi) is 6.12. The van der Waals surface area contributed by atoms with Crippen molar-refractivity contribution in [1.82, 2.24) is 10.2 Å². The molecule has 0 saturated carbocycles. The molecule has 1 heterocycles. The van der Waals surface area contributed by atoms with E-state index in [9.17, 15) is 9.59 Å². The predicted molar refractivity (Wildman–Crippen MR) is 73.8 cm³/mol. The van der Waals surface area contributed by atoms with Gasteiger partial charge in [0, 0.05) is 25.0 Å². The Morgan fingerprint density at radius 3 is 2.26 bits per heavy atom. The van der Waals surface area contributed by atoms with E-state index in [2.05, 4.69) is 5.32 Å². The number of carbonyl (C=O) groups is 2. The van der Waals surface area contributed by atoms with Crippen LogP contribution in [0.3, 0.4) is 0 Å². The lowest BCUT2D eigenvalue weighted by molar-refractivity contribution is -0.135. The summed E-state index contributed by atoms with van der Waals surface area (Å²) in [6.07, 6.45) is 1.26. The van der Waals surface area contributed by atoms with Crippen molar-refractivity contribution in [3.05, 3.63) is 0 Å².